The lowest BCUT2D eigenvalue weighted by Crippen LogP contribution is -2.45. The standard InChI is InChI=1S/C20H30BrN3O2/c1-3-22-18(24-15-20(25-2)9-11-26-12-10-20)23-14-19(7-8-19)16-5-4-6-17(21)13-16/h4-6,13H,3,7-12,14-15H2,1-2H3,(H2,22,23,24). The number of hydrogen-bond donors (Lipinski definition) is 2. The van der Waals surface area contributed by atoms with Gasteiger partial charge in [-0.25, -0.2) is 0 Å². The number of benzene rings is 1. The van der Waals surface area contributed by atoms with Gasteiger partial charge in [0.1, 0.15) is 0 Å². The molecule has 2 aliphatic rings. The van der Waals surface area contributed by atoms with Gasteiger partial charge in [-0.3, -0.25) is 4.99 Å². The van der Waals surface area contributed by atoms with Crippen molar-refractivity contribution in [2.45, 2.75) is 43.6 Å². The zero-order chi connectivity index (χ0) is 18.5. The fourth-order valence-electron chi connectivity index (χ4n) is 3.52. The number of ether oxygens (including phenoxy) is 2. The highest BCUT2D eigenvalue weighted by Crippen LogP contribution is 2.48. The highest BCUT2D eigenvalue weighted by Gasteiger charge is 2.44. The molecule has 6 heteroatoms. The van der Waals surface area contributed by atoms with Gasteiger partial charge in [-0.2, -0.15) is 0 Å². The van der Waals surface area contributed by atoms with Crippen LogP contribution in [0.5, 0.6) is 0 Å². The average molecular weight is 424 g/mol. The third-order valence-electron chi connectivity index (χ3n) is 5.59. The predicted molar refractivity (Wildman–Crippen MR) is 109 cm³/mol. The molecule has 2 fully saturated rings. The topological polar surface area (TPSA) is 54.9 Å². The summed E-state index contributed by atoms with van der Waals surface area (Å²) in [6.45, 7) is 6.00. The van der Waals surface area contributed by atoms with Gasteiger partial charge in [0.05, 0.1) is 12.1 Å². The zero-order valence-corrected chi connectivity index (χ0v) is 17.4. The van der Waals surface area contributed by atoms with Crippen LogP contribution >= 0.6 is 15.9 Å². The molecule has 1 aromatic carbocycles. The maximum absolute atomic E-state index is 5.80. The Labute approximate surface area is 165 Å². The smallest absolute Gasteiger partial charge is 0.191 e. The molecular formula is C20H30BrN3O2. The van der Waals surface area contributed by atoms with Crippen molar-refractivity contribution in [3.63, 3.8) is 0 Å². The second-order valence-electron chi connectivity index (χ2n) is 7.34. The van der Waals surface area contributed by atoms with Crippen LogP contribution in [-0.2, 0) is 14.9 Å². The molecule has 0 spiro atoms. The van der Waals surface area contributed by atoms with Gasteiger partial charge in [0.2, 0.25) is 0 Å². The number of aliphatic imine (C=N–C) groups is 1. The van der Waals surface area contributed by atoms with Crippen LogP contribution < -0.4 is 10.6 Å². The van der Waals surface area contributed by atoms with Crippen LogP contribution in [-0.4, -0.2) is 51.5 Å². The largest absolute Gasteiger partial charge is 0.381 e. The summed E-state index contributed by atoms with van der Waals surface area (Å²) in [5.41, 5.74) is 1.44. The number of methoxy groups -OCH3 is 1. The summed E-state index contributed by atoms with van der Waals surface area (Å²) >= 11 is 3.59. The quantitative estimate of drug-likeness (QED) is 0.521. The van der Waals surface area contributed by atoms with Crippen LogP contribution in [0.3, 0.4) is 0 Å². The van der Waals surface area contributed by atoms with E-state index >= 15 is 0 Å². The van der Waals surface area contributed by atoms with Crippen LogP contribution in [0.4, 0.5) is 0 Å². The first-order chi connectivity index (χ1) is 12.6. The first-order valence-corrected chi connectivity index (χ1v) is 10.3. The molecule has 1 aromatic rings. The Bertz CT molecular complexity index is 625. The van der Waals surface area contributed by atoms with Gasteiger partial charge in [-0.05, 0) is 37.5 Å². The number of guanidine groups is 1. The average Bonchev–Trinajstić information content (AvgIpc) is 3.46. The molecule has 26 heavy (non-hydrogen) atoms. The number of rotatable bonds is 7. The third kappa shape index (κ3) is 4.78. The molecule has 5 nitrogen and oxygen atoms in total. The first-order valence-electron chi connectivity index (χ1n) is 9.53. The second kappa shape index (κ2) is 8.72. The highest BCUT2D eigenvalue weighted by molar-refractivity contribution is 9.10. The van der Waals surface area contributed by atoms with Crippen molar-refractivity contribution < 1.29 is 9.47 Å². The third-order valence-corrected chi connectivity index (χ3v) is 6.08. The normalized spacial score (nSPS) is 21.3. The number of nitrogens with zero attached hydrogens (tertiary/aromatic N) is 1. The van der Waals surface area contributed by atoms with E-state index in [0.29, 0.717) is 6.54 Å². The summed E-state index contributed by atoms with van der Waals surface area (Å²) in [5, 5.41) is 6.93. The Morgan fingerprint density at radius 2 is 2.00 bits per heavy atom. The van der Waals surface area contributed by atoms with Gasteiger partial charge < -0.3 is 20.1 Å². The van der Waals surface area contributed by atoms with E-state index in [2.05, 4.69) is 57.8 Å². The second-order valence-corrected chi connectivity index (χ2v) is 8.25. The molecule has 0 amide bonds. The van der Waals surface area contributed by atoms with Crippen molar-refractivity contribution in [2.75, 3.05) is 40.0 Å². The maximum Gasteiger partial charge on any atom is 0.191 e. The van der Waals surface area contributed by atoms with Crippen LogP contribution in [0.2, 0.25) is 0 Å². The van der Waals surface area contributed by atoms with Crippen LogP contribution in [0, 0.1) is 0 Å². The molecule has 0 bridgehead atoms. The van der Waals surface area contributed by atoms with Crippen LogP contribution in [0.1, 0.15) is 38.2 Å². The molecule has 3 rings (SSSR count). The summed E-state index contributed by atoms with van der Waals surface area (Å²) < 4.78 is 12.4. The lowest BCUT2D eigenvalue weighted by Gasteiger charge is -2.34. The molecule has 144 valence electrons. The van der Waals surface area contributed by atoms with E-state index in [4.69, 9.17) is 14.5 Å². The van der Waals surface area contributed by atoms with Gasteiger partial charge in [0, 0.05) is 56.1 Å². The Hall–Kier alpha value is -1.11. The van der Waals surface area contributed by atoms with E-state index in [1.54, 1.807) is 7.11 Å². The minimum atomic E-state index is -0.192. The van der Waals surface area contributed by atoms with Gasteiger partial charge in [0.15, 0.2) is 5.96 Å². The van der Waals surface area contributed by atoms with Crippen LogP contribution in [0.25, 0.3) is 0 Å². The van der Waals surface area contributed by atoms with Gasteiger partial charge >= 0.3 is 0 Å². The summed E-state index contributed by atoms with van der Waals surface area (Å²) in [6, 6.07) is 8.66. The van der Waals surface area contributed by atoms with E-state index in [1.807, 2.05) is 0 Å². The fourth-order valence-corrected chi connectivity index (χ4v) is 3.92. The molecule has 1 aliphatic heterocycles. The summed E-state index contributed by atoms with van der Waals surface area (Å²) in [7, 11) is 1.79. The molecule has 0 aromatic heterocycles. The minimum Gasteiger partial charge on any atom is -0.381 e. The highest BCUT2D eigenvalue weighted by atomic mass is 79.9. The molecule has 0 unspecified atom stereocenters. The predicted octanol–water partition coefficient (Wildman–Crippen LogP) is 3.23. The van der Waals surface area contributed by atoms with Crippen molar-refractivity contribution in [3.8, 4) is 0 Å². The number of halogens is 1. The molecule has 1 heterocycles. The summed E-state index contributed by atoms with van der Waals surface area (Å²) in [5.74, 6) is 0.872. The Morgan fingerprint density at radius 1 is 1.23 bits per heavy atom. The van der Waals surface area contributed by atoms with Crippen molar-refractivity contribution in [3.05, 3.63) is 34.3 Å². The first kappa shape index (κ1) is 19.6. The summed E-state index contributed by atoms with van der Waals surface area (Å²) in [4.78, 5) is 4.83. The van der Waals surface area contributed by atoms with Crippen molar-refractivity contribution in [2.24, 2.45) is 4.99 Å². The van der Waals surface area contributed by atoms with E-state index in [9.17, 15) is 0 Å². The van der Waals surface area contributed by atoms with Crippen molar-refractivity contribution >= 4 is 21.9 Å². The van der Waals surface area contributed by atoms with E-state index in [1.165, 1.54) is 18.4 Å². The van der Waals surface area contributed by atoms with Crippen LogP contribution in [0.15, 0.2) is 33.7 Å². The van der Waals surface area contributed by atoms with Crippen molar-refractivity contribution in [1.82, 2.24) is 10.6 Å². The van der Waals surface area contributed by atoms with E-state index < -0.39 is 0 Å². The molecule has 1 aliphatic carbocycles. The Kier molecular flexibility index (Phi) is 6.59. The monoisotopic (exact) mass is 423 g/mol. The maximum atomic E-state index is 5.80. The minimum absolute atomic E-state index is 0.192. The van der Waals surface area contributed by atoms with Crippen molar-refractivity contribution in [1.29, 1.82) is 0 Å². The molecule has 0 atom stereocenters. The number of hydrogen-bond acceptors (Lipinski definition) is 3. The van der Waals surface area contributed by atoms with E-state index in [0.717, 1.165) is 49.6 Å². The summed E-state index contributed by atoms with van der Waals surface area (Å²) in [6.07, 6.45) is 4.23. The van der Waals surface area contributed by atoms with Gasteiger partial charge in [-0.15, -0.1) is 0 Å². The molecular weight excluding hydrogens is 394 g/mol. The van der Waals surface area contributed by atoms with E-state index in [-0.39, 0.29) is 11.0 Å². The molecule has 0 radical (unpaired) electrons. The fraction of sp³-hybridized carbons (Fsp3) is 0.650. The SMILES string of the molecule is CCNC(=NCC1(OC)CCOCC1)NCC1(c2cccc(Br)c2)CC1. The lowest BCUT2D eigenvalue weighted by atomic mass is 9.94. The molecule has 2 N–H and O–H groups in total. The van der Waals surface area contributed by atoms with Gasteiger partial charge in [0.25, 0.3) is 0 Å². The lowest BCUT2D eigenvalue weighted by molar-refractivity contribution is -0.0828. The Morgan fingerprint density at radius 3 is 2.62 bits per heavy atom. The zero-order valence-electron chi connectivity index (χ0n) is 15.8. The number of nitrogens with one attached hydrogen (secondary N) is 2. The molecule has 1 saturated heterocycles. The van der Waals surface area contributed by atoms with Gasteiger partial charge in [-0.1, -0.05) is 28.1 Å². The Balaban J connectivity index is 1.63. The molecule has 1 saturated carbocycles.